The van der Waals surface area contributed by atoms with Crippen molar-refractivity contribution in [1.29, 1.82) is 0 Å². The number of imide groups is 1. The molecule has 0 spiro atoms. The molecule has 7 nitrogen and oxygen atoms in total. The van der Waals surface area contributed by atoms with E-state index in [1.54, 1.807) is 18.7 Å². The minimum atomic E-state index is -1.12. The minimum absolute atomic E-state index is 0.00464. The van der Waals surface area contributed by atoms with Crippen LogP contribution in [0.1, 0.15) is 65.1 Å². The third kappa shape index (κ3) is 3.48. The largest absolute Gasteiger partial charge is 0.356 e. The molecule has 2 aromatic rings. The average molecular weight is 439 g/mol. The number of nitrogens with one attached hydrogen (secondary N) is 2. The molecule has 7 heteroatoms. The van der Waals surface area contributed by atoms with Crippen LogP contribution in [0, 0.1) is 5.92 Å². The molecule has 3 atom stereocenters. The van der Waals surface area contributed by atoms with Crippen molar-refractivity contribution >= 4 is 28.7 Å². The van der Waals surface area contributed by atoms with Crippen LogP contribution in [0.4, 0.5) is 4.79 Å². The summed E-state index contributed by atoms with van der Waals surface area (Å²) in [6.45, 7) is 10.2. The average Bonchev–Trinajstić information content (AvgIpc) is 3.21. The highest BCUT2D eigenvalue weighted by Gasteiger charge is 2.60. The van der Waals surface area contributed by atoms with Gasteiger partial charge in [0.2, 0.25) is 5.91 Å². The van der Waals surface area contributed by atoms with E-state index in [1.807, 2.05) is 31.2 Å². The summed E-state index contributed by atoms with van der Waals surface area (Å²) in [5.41, 5.74) is 1.68. The molecule has 2 aliphatic heterocycles. The lowest BCUT2D eigenvalue weighted by Gasteiger charge is -2.36. The fourth-order valence-electron chi connectivity index (χ4n) is 5.14. The van der Waals surface area contributed by atoms with E-state index in [9.17, 15) is 14.4 Å². The van der Waals surface area contributed by atoms with E-state index in [0.29, 0.717) is 18.9 Å². The maximum atomic E-state index is 13.7. The SMILES string of the molecule is CC(C)CCC[C@H](C)NC(=O)[C@H](C)N1C(=O)N2CCc3c([nH]c4ccccc34)[C@@]2(C)C1=O. The molecule has 0 aliphatic carbocycles. The van der Waals surface area contributed by atoms with Crippen LogP contribution in [0.25, 0.3) is 10.9 Å². The topological polar surface area (TPSA) is 85.5 Å². The van der Waals surface area contributed by atoms with Crippen molar-refractivity contribution in [2.24, 2.45) is 5.92 Å². The van der Waals surface area contributed by atoms with Gasteiger partial charge in [0.25, 0.3) is 5.91 Å². The van der Waals surface area contributed by atoms with Crippen molar-refractivity contribution < 1.29 is 14.4 Å². The van der Waals surface area contributed by atoms with Crippen molar-refractivity contribution in [3.63, 3.8) is 0 Å². The Balaban J connectivity index is 1.55. The Morgan fingerprint density at radius 2 is 1.88 bits per heavy atom. The zero-order chi connectivity index (χ0) is 23.2. The molecule has 4 amide bonds. The Kier molecular flexibility index (Phi) is 5.77. The number of urea groups is 1. The summed E-state index contributed by atoms with van der Waals surface area (Å²) in [7, 11) is 0. The first-order chi connectivity index (χ1) is 15.2. The van der Waals surface area contributed by atoms with E-state index in [4.69, 9.17) is 0 Å². The lowest BCUT2D eigenvalue weighted by Crippen LogP contribution is -2.51. The van der Waals surface area contributed by atoms with Gasteiger partial charge in [0.1, 0.15) is 6.04 Å². The van der Waals surface area contributed by atoms with Crippen molar-refractivity contribution in [2.75, 3.05) is 6.54 Å². The third-order valence-electron chi connectivity index (χ3n) is 7.07. The predicted octanol–water partition coefficient (Wildman–Crippen LogP) is 3.92. The van der Waals surface area contributed by atoms with Crippen molar-refractivity contribution in [1.82, 2.24) is 20.1 Å². The van der Waals surface area contributed by atoms with E-state index >= 15 is 0 Å². The Morgan fingerprint density at radius 3 is 2.59 bits per heavy atom. The molecule has 172 valence electrons. The molecule has 1 fully saturated rings. The van der Waals surface area contributed by atoms with Crippen molar-refractivity contribution in [3.05, 3.63) is 35.5 Å². The third-order valence-corrected chi connectivity index (χ3v) is 7.07. The maximum Gasteiger partial charge on any atom is 0.328 e. The molecule has 2 aliphatic rings. The zero-order valence-electron chi connectivity index (χ0n) is 19.7. The molecular formula is C25H34N4O3. The molecule has 0 unspecified atom stereocenters. The van der Waals surface area contributed by atoms with Gasteiger partial charge in [0.15, 0.2) is 5.54 Å². The monoisotopic (exact) mass is 438 g/mol. The number of para-hydroxylation sites is 1. The van der Waals surface area contributed by atoms with Gasteiger partial charge in [0, 0.05) is 23.5 Å². The van der Waals surface area contributed by atoms with Crippen molar-refractivity contribution in [2.45, 2.75) is 77.9 Å². The van der Waals surface area contributed by atoms with Crippen molar-refractivity contribution in [3.8, 4) is 0 Å². The molecule has 0 saturated carbocycles. The van der Waals surface area contributed by atoms with E-state index in [0.717, 1.165) is 46.3 Å². The number of hydrogen-bond donors (Lipinski definition) is 2. The first-order valence-electron chi connectivity index (χ1n) is 11.7. The van der Waals surface area contributed by atoms with Crippen LogP contribution in [-0.2, 0) is 21.5 Å². The van der Waals surface area contributed by atoms with Gasteiger partial charge in [0.05, 0.1) is 5.69 Å². The molecular weight excluding hydrogens is 404 g/mol. The highest BCUT2D eigenvalue weighted by Crippen LogP contribution is 2.44. The summed E-state index contributed by atoms with van der Waals surface area (Å²) in [6.07, 6.45) is 3.69. The Labute approximate surface area is 189 Å². The summed E-state index contributed by atoms with van der Waals surface area (Å²) in [6, 6.07) is 6.70. The normalized spacial score (nSPS) is 22.3. The van der Waals surface area contributed by atoms with Crippen LogP contribution in [0.3, 0.4) is 0 Å². The van der Waals surface area contributed by atoms with Crippen LogP contribution in [0.2, 0.25) is 0 Å². The van der Waals surface area contributed by atoms with Gasteiger partial charge < -0.3 is 15.2 Å². The Hall–Kier alpha value is -2.83. The summed E-state index contributed by atoms with van der Waals surface area (Å²) < 4.78 is 0. The number of aromatic amines is 1. The van der Waals surface area contributed by atoms with Gasteiger partial charge >= 0.3 is 6.03 Å². The van der Waals surface area contributed by atoms with Crippen LogP contribution >= 0.6 is 0 Å². The number of carbonyl (C=O) groups excluding carboxylic acids is 3. The Bertz CT molecular complexity index is 1060. The van der Waals surface area contributed by atoms with Gasteiger partial charge in [-0.15, -0.1) is 0 Å². The molecule has 0 bridgehead atoms. The smallest absolute Gasteiger partial charge is 0.328 e. The van der Waals surface area contributed by atoms with Gasteiger partial charge in [-0.25, -0.2) is 9.69 Å². The lowest BCUT2D eigenvalue weighted by atomic mass is 9.87. The first-order valence-corrected chi connectivity index (χ1v) is 11.7. The van der Waals surface area contributed by atoms with Crippen LogP contribution in [0.15, 0.2) is 24.3 Å². The first kappa shape index (κ1) is 22.4. The number of fused-ring (bicyclic) bond motifs is 5. The number of nitrogens with zero attached hydrogens (tertiary/aromatic N) is 2. The fourth-order valence-corrected chi connectivity index (χ4v) is 5.14. The molecule has 1 aromatic heterocycles. The quantitative estimate of drug-likeness (QED) is 0.643. The van der Waals surface area contributed by atoms with Crippen LogP contribution in [0.5, 0.6) is 0 Å². The van der Waals surface area contributed by atoms with E-state index < -0.39 is 17.6 Å². The second kappa shape index (κ2) is 8.26. The number of carbonyl (C=O) groups is 3. The summed E-state index contributed by atoms with van der Waals surface area (Å²) in [5, 5.41) is 4.08. The summed E-state index contributed by atoms with van der Waals surface area (Å²) in [5.74, 6) is -0.00137. The minimum Gasteiger partial charge on any atom is -0.356 e. The van der Waals surface area contributed by atoms with Crippen LogP contribution < -0.4 is 5.32 Å². The number of hydrogen-bond acceptors (Lipinski definition) is 3. The zero-order valence-corrected chi connectivity index (χ0v) is 19.7. The van der Waals surface area contributed by atoms with Gasteiger partial charge in [-0.05, 0) is 51.2 Å². The predicted molar refractivity (Wildman–Crippen MR) is 124 cm³/mol. The number of H-pyrrole nitrogens is 1. The fraction of sp³-hybridized carbons (Fsp3) is 0.560. The van der Waals surface area contributed by atoms with Gasteiger partial charge in [-0.3, -0.25) is 9.59 Å². The second-order valence-electron chi connectivity index (χ2n) is 9.87. The number of amides is 4. The maximum absolute atomic E-state index is 13.7. The highest BCUT2D eigenvalue weighted by molar-refractivity contribution is 6.10. The molecule has 1 saturated heterocycles. The number of aromatic nitrogens is 1. The van der Waals surface area contributed by atoms with Crippen LogP contribution in [-0.4, -0.2) is 51.3 Å². The van der Waals surface area contributed by atoms with E-state index in [2.05, 4.69) is 24.1 Å². The Morgan fingerprint density at radius 1 is 1.16 bits per heavy atom. The summed E-state index contributed by atoms with van der Waals surface area (Å²) >= 11 is 0. The summed E-state index contributed by atoms with van der Waals surface area (Å²) in [4.78, 5) is 46.0. The van der Waals surface area contributed by atoms with Gasteiger partial charge in [-0.1, -0.05) is 44.9 Å². The molecule has 0 radical (unpaired) electrons. The molecule has 3 heterocycles. The molecule has 32 heavy (non-hydrogen) atoms. The highest BCUT2D eigenvalue weighted by atomic mass is 16.2. The number of rotatable bonds is 7. The number of benzene rings is 1. The van der Waals surface area contributed by atoms with Gasteiger partial charge in [-0.2, -0.15) is 0 Å². The molecule has 4 rings (SSSR count). The van der Waals surface area contributed by atoms with E-state index in [1.165, 1.54) is 0 Å². The molecule has 1 aromatic carbocycles. The van der Waals surface area contributed by atoms with E-state index in [-0.39, 0.29) is 17.9 Å². The molecule has 2 N–H and O–H groups in total. The second-order valence-corrected chi connectivity index (χ2v) is 9.87. The standard InChI is InChI=1S/C25H34N4O3/c1-15(2)9-8-10-16(3)26-22(30)17(4)29-23(31)25(5)21-19(13-14-28(25)24(29)32)18-11-6-7-12-20(18)27-21/h6-7,11-12,15-17,27H,8-10,13-14H2,1-5H3,(H,26,30)/t16-,17-,25-/m0/s1. The lowest BCUT2D eigenvalue weighted by molar-refractivity contribution is -0.139.